The lowest BCUT2D eigenvalue weighted by Crippen LogP contribution is -2.51. The van der Waals surface area contributed by atoms with E-state index in [4.69, 9.17) is 9.47 Å². The third-order valence-electron chi connectivity index (χ3n) is 4.41. The van der Waals surface area contributed by atoms with Gasteiger partial charge in [-0.25, -0.2) is 14.4 Å². The van der Waals surface area contributed by atoms with Crippen LogP contribution in [0.2, 0.25) is 0 Å². The highest BCUT2D eigenvalue weighted by atomic mass is 16.6. The monoisotopic (exact) mass is 392 g/mol. The van der Waals surface area contributed by atoms with Crippen molar-refractivity contribution in [2.45, 2.75) is 51.9 Å². The molecular weight excluding hydrogens is 364 g/mol. The van der Waals surface area contributed by atoms with E-state index >= 15 is 0 Å². The Morgan fingerprint density at radius 3 is 2.32 bits per heavy atom. The van der Waals surface area contributed by atoms with Gasteiger partial charge in [-0.05, 0) is 45.1 Å². The number of piperidine rings is 1. The molecule has 0 aliphatic carbocycles. The van der Waals surface area contributed by atoms with Gasteiger partial charge < -0.3 is 24.8 Å². The number of carboxylic acids is 1. The molecule has 2 rings (SSSR count). The number of rotatable bonds is 5. The quantitative estimate of drug-likeness (QED) is 0.798. The van der Waals surface area contributed by atoms with E-state index in [1.54, 1.807) is 25.7 Å². The van der Waals surface area contributed by atoms with Gasteiger partial charge in [0.1, 0.15) is 18.2 Å². The molecule has 0 saturated carbocycles. The average molecular weight is 392 g/mol. The Balaban J connectivity index is 1.83. The molecular formula is C20H28N2O6. The number of amides is 2. The molecule has 1 aliphatic heterocycles. The lowest BCUT2D eigenvalue weighted by Gasteiger charge is -2.34. The smallest absolute Gasteiger partial charge is 0.410 e. The highest BCUT2D eigenvalue weighted by Gasteiger charge is 2.35. The van der Waals surface area contributed by atoms with Crippen molar-refractivity contribution < 1.29 is 29.0 Å². The summed E-state index contributed by atoms with van der Waals surface area (Å²) < 4.78 is 10.5. The summed E-state index contributed by atoms with van der Waals surface area (Å²) in [6.07, 6.45) is -0.278. The first kappa shape index (κ1) is 21.5. The van der Waals surface area contributed by atoms with E-state index in [0.29, 0.717) is 25.9 Å². The van der Waals surface area contributed by atoms with Crippen molar-refractivity contribution in [1.82, 2.24) is 10.2 Å². The normalized spacial score (nSPS) is 16.2. The van der Waals surface area contributed by atoms with Crippen molar-refractivity contribution in [2.24, 2.45) is 5.92 Å². The Morgan fingerprint density at radius 2 is 1.79 bits per heavy atom. The maximum atomic E-state index is 12.2. The number of aliphatic carboxylic acids is 1. The first-order chi connectivity index (χ1) is 13.2. The Kier molecular flexibility index (Phi) is 7.25. The second-order valence-corrected chi connectivity index (χ2v) is 7.83. The maximum Gasteiger partial charge on any atom is 0.410 e. The molecule has 1 aromatic carbocycles. The van der Waals surface area contributed by atoms with Crippen LogP contribution in [0.4, 0.5) is 9.59 Å². The second kappa shape index (κ2) is 9.43. The molecule has 8 nitrogen and oxygen atoms in total. The summed E-state index contributed by atoms with van der Waals surface area (Å²) in [7, 11) is 0. The molecule has 8 heteroatoms. The van der Waals surface area contributed by atoms with Gasteiger partial charge in [-0.3, -0.25) is 0 Å². The lowest BCUT2D eigenvalue weighted by molar-refractivity contribution is -0.141. The third-order valence-corrected chi connectivity index (χ3v) is 4.41. The van der Waals surface area contributed by atoms with Crippen molar-refractivity contribution in [3.05, 3.63) is 35.9 Å². The SMILES string of the molecule is CC(C)(C)OC(=O)NC(C(=O)O)C1CCN(C(=O)OCc2ccccc2)CC1. The van der Waals surface area contributed by atoms with Crippen LogP contribution in [-0.2, 0) is 20.9 Å². The molecule has 1 unspecified atom stereocenters. The predicted octanol–water partition coefficient (Wildman–Crippen LogP) is 3.01. The van der Waals surface area contributed by atoms with Crippen molar-refractivity contribution in [3.63, 3.8) is 0 Å². The second-order valence-electron chi connectivity index (χ2n) is 7.83. The number of nitrogens with zero attached hydrogens (tertiary/aromatic N) is 1. The summed E-state index contributed by atoms with van der Waals surface area (Å²) in [5.41, 5.74) is 0.192. The molecule has 1 atom stereocenters. The van der Waals surface area contributed by atoms with E-state index in [9.17, 15) is 19.5 Å². The zero-order valence-corrected chi connectivity index (χ0v) is 16.5. The number of hydrogen-bond acceptors (Lipinski definition) is 5. The topological polar surface area (TPSA) is 105 Å². The third kappa shape index (κ3) is 6.75. The van der Waals surface area contributed by atoms with E-state index in [1.807, 2.05) is 30.3 Å². The molecule has 1 aromatic rings. The highest BCUT2D eigenvalue weighted by molar-refractivity contribution is 5.80. The van der Waals surface area contributed by atoms with Crippen LogP contribution in [0.1, 0.15) is 39.2 Å². The standard InChI is InChI=1S/C20H28N2O6/c1-20(2,3)28-18(25)21-16(17(23)24)15-9-11-22(12-10-15)19(26)27-13-14-7-5-4-6-8-14/h4-8,15-16H,9-13H2,1-3H3,(H,21,25)(H,23,24). The number of carbonyl (C=O) groups excluding carboxylic acids is 2. The maximum absolute atomic E-state index is 12.2. The van der Waals surface area contributed by atoms with Crippen LogP contribution in [0.25, 0.3) is 0 Å². The van der Waals surface area contributed by atoms with Gasteiger partial charge in [-0.2, -0.15) is 0 Å². The zero-order chi connectivity index (χ0) is 20.7. The van der Waals surface area contributed by atoms with Gasteiger partial charge in [0.05, 0.1) is 0 Å². The van der Waals surface area contributed by atoms with Crippen molar-refractivity contribution in [2.75, 3.05) is 13.1 Å². The Hall–Kier alpha value is -2.77. The summed E-state index contributed by atoms with van der Waals surface area (Å²) in [4.78, 5) is 37.3. The molecule has 1 saturated heterocycles. The van der Waals surface area contributed by atoms with Gasteiger partial charge in [0.15, 0.2) is 0 Å². The molecule has 0 aromatic heterocycles. The first-order valence-corrected chi connectivity index (χ1v) is 9.33. The molecule has 0 radical (unpaired) electrons. The summed E-state index contributed by atoms with van der Waals surface area (Å²) in [6.45, 7) is 6.07. The Morgan fingerprint density at radius 1 is 1.18 bits per heavy atom. The summed E-state index contributed by atoms with van der Waals surface area (Å²) >= 11 is 0. The molecule has 2 amide bonds. The predicted molar refractivity (Wildman–Crippen MR) is 102 cm³/mol. The van der Waals surface area contributed by atoms with Gasteiger partial charge in [0.25, 0.3) is 0 Å². The Labute approximate surface area is 164 Å². The number of ether oxygens (including phenoxy) is 2. The van der Waals surface area contributed by atoms with Crippen LogP contribution in [0, 0.1) is 5.92 Å². The Bertz CT molecular complexity index is 678. The van der Waals surface area contributed by atoms with Gasteiger partial charge in [0, 0.05) is 13.1 Å². The van der Waals surface area contributed by atoms with Gasteiger partial charge >= 0.3 is 18.2 Å². The molecule has 154 valence electrons. The summed E-state index contributed by atoms with van der Waals surface area (Å²) in [5, 5.41) is 11.9. The number of carbonyl (C=O) groups is 3. The fraction of sp³-hybridized carbons (Fsp3) is 0.550. The summed E-state index contributed by atoms with van der Waals surface area (Å²) in [5.74, 6) is -1.40. The van der Waals surface area contributed by atoms with Crippen LogP contribution in [0.3, 0.4) is 0 Å². The number of likely N-dealkylation sites (tertiary alicyclic amines) is 1. The number of carboxylic acid groups (broad SMARTS) is 1. The molecule has 2 N–H and O–H groups in total. The largest absolute Gasteiger partial charge is 0.480 e. The van der Waals surface area contributed by atoms with E-state index in [1.165, 1.54) is 0 Å². The minimum atomic E-state index is -1.11. The van der Waals surface area contributed by atoms with E-state index in [-0.39, 0.29) is 12.5 Å². The molecule has 0 bridgehead atoms. The van der Waals surface area contributed by atoms with Crippen LogP contribution < -0.4 is 5.32 Å². The number of alkyl carbamates (subject to hydrolysis) is 1. The van der Waals surface area contributed by atoms with Gasteiger partial charge in [0.2, 0.25) is 0 Å². The van der Waals surface area contributed by atoms with Crippen molar-refractivity contribution in [1.29, 1.82) is 0 Å². The fourth-order valence-electron chi connectivity index (χ4n) is 3.04. The van der Waals surface area contributed by atoms with E-state index < -0.39 is 29.8 Å². The minimum Gasteiger partial charge on any atom is -0.480 e. The first-order valence-electron chi connectivity index (χ1n) is 9.33. The van der Waals surface area contributed by atoms with Crippen molar-refractivity contribution in [3.8, 4) is 0 Å². The lowest BCUT2D eigenvalue weighted by atomic mass is 9.89. The molecule has 0 spiro atoms. The van der Waals surface area contributed by atoms with Crippen LogP contribution in [0.5, 0.6) is 0 Å². The van der Waals surface area contributed by atoms with Gasteiger partial charge in [-0.1, -0.05) is 30.3 Å². The van der Waals surface area contributed by atoms with Crippen LogP contribution in [0.15, 0.2) is 30.3 Å². The van der Waals surface area contributed by atoms with E-state index in [0.717, 1.165) is 5.56 Å². The molecule has 1 heterocycles. The minimum absolute atomic E-state index is 0.192. The summed E-state index contributed by atoms with van der Waals surface area (Å²) in [6, 6.07) is 8.33. The number of hydrogen-bond donors (Lipinski definition) is 2. The fourth-order valence-corrected chi connectivity index (χ4v) is 3.04. The molecule has 1 aliphatic rings. The van der Waals surface area contributed by atoms with Crippen molar-refractivity contribution >= 4 is 18.2 Å². The average Bonchev–Trinajstić information content (AvgIpc) is 2.63. The zero-order valence-electron chi connectivity index (χ0n) is 16.5. The number of nitrogens with one attached hydrogen (secondary N) is 1. The van der Waals surface area contributed by atoms with Crippen LogP contribution >= 0.6 is 0 Å². The number of benzene rings is 1. The van der Waals surface area contributed by atoms with E-state index in [2.05, 4.69) is 5.32 Å². The molecule has 28 heavy (non-hydrogen) atoms. The highest BCUT2D eigenvalue weighted by Crippen LogP contribution is 2.22. The van der Waals surface area contributed by atoms with Crippen LogP contribution in [-0.4, -0.2) is 52.9 Å². The van der Waals surface area contributed by atoms with Gasteiger partial charge in [-0.15, -0.1) is 0 Å². The molecule has 1 fully saturated rings.